The Kier molecular flexibility index (Phi) is 11.7. The molecule has 5 aromatic carbocycles. The molecule has 1 amide bonds. The van der Waals surface area contributed by atoms with Crippen molar-refractivity contribution in [2.24, 2.45) is 0 Å². The van der Waals surface area contributed by atoms with E-state index in [4.69, 9.17) is 16.3 Å². The molecule has 1 fully saturated rings. The fourth-order valence-corrected chi connectivity index (χ4v) is 8.25. The van der Waals surface area contributed by atoms with Crippen molar-refractivity contribution in [1.82, 2.24) is 15.1 Å². The molecule has 274 valence electrons. The van der Waals surface area contributed by atoms with E-state index in [0.717, 1.165) is 22.4 Å². The molecule has 7 heteroatoms. The Labute approximate surface area is 323 Å². The number of carbonyl (C=O) groups excluding carboxylic acids is 2. The van der Waals surface area contributed by atoms with Crippen LogP contribution >= 0.6 is 11.6 Å². The molecule has 0 saturated carbocycles. The minimum absolute atomic E-state index is 0.0600. The van der Waals surface area contributed by atoms with Crippen molar-refractivity contribution in [3.8, 4) is 0 Å². The van der Waals surface area contributed by atoms with Gasteiger partial charge in [0.1, 0.15) is 0 Å². The molecule has 0 aromatic heterocycles. The van der Waals surface area contributed by atoms with Crippen molar-refractivity contribution >= 4 is 23.5 Å². The Morgan fingerprint density at radius 3 is 1.69 bits per heavy atom. The predicted molar refractivity (Wildman–Crippen MR) is 216 cm³/mol. The number of hydrogen-bond donors (Lipinski definition) is 1. The molecule has 7 rings (SSSR count). The lowest BCUT2D eigenvalue weighted by Crippen LogP contribution is -2.51. The van der Waals surface area contributed by atoms with Crippen LogP contribution < -0.4 is 5.32 Å². The SMILES string of the molecule is CC1=C(C(=O)OCCC(c2ccccc2)c2ccccc2)C(c2cccc(Cl)c2)C(C(=O)N2CCN(C(c3ccccc3)c3ccccc3)CC2)=C(C)N1. The lowest BCUT2D eigenvalue weighted by atomic mass is 9.79. The van der Waals surface area contributed by atoms with Crippen molar-refractivity contribution in [2.75, 3.05) is 32.8 Å². The van der Waals surface area contributed by atoms with Gasteiger partial charge in [-0.2, -0.15) is 0 Å². The Morgan fingerprint density at radius 2 is 1.17 bits per heavy atom. The molecule has 54 heavy (non-hydrogen) atoms. The second kappa shape index (κ2) is 17.1. The van der Waals surface area contributed by atoms with Gasteiger partial charge in [0.15, 0.2) is 0 Å². The number of halogens is 1. The van der Waals surface area contributed by atoms with Gasteiger partial charge in [-0.1, -0.05) is 145 Å². The van der Waals surface area contributed by atoms with E-state index in [0.29, 0.717) is 54.5 Å². The summed E-state index contributed by atoms with van der Waals surface area (Å²) in [6.07, 6.45) is 0.610. The van der Waals surface area contributed by atoms with Crippen LogP contribution in [-0.4, -0.2) is 54.5 Å². The third-order valence-corrected chi connectivity index (χ3v) is 10.9. The number of esters is 1. The molecule has 1 atom stereocenters. The molecule has 5 aromatic rings. The van der Waals surface area contributed by atoms with Gasteiger partial charge in [-0.3, -0.25) is 9.69 Å². The first-order valence-corrected chi connectivity index (χ1v) is 19.1. The van der Waals surface area contributed by atoms with Crippen LogP contribution in [0.4, 0.5) is 0 Å². The molecule has 2 aliphatic heterocycles. The summed E-state index contributed by atoms with van der Waals surface area (Å²) in [4.78, 5) is 33.4. The lowest BCUT2D eigenvalue weighted by molar-refractivity contribution is -0.139. The number of carbonyl (C=O) groups is 2. The monoisotopic (exact) mass is 735 g/mol. The zero-order chi connectivity index (χ0) is 37.4. The van der Waals surface area contributed by atoms with Crippen LogP contribution in [0.5, 0.6) is 0 Å². The van der Waals surface area contributed by atoms with Crippen LogP contribution in [0.1, 0.15) is 66.0 Å². The summed E-state index contributed by atoms with van der Waals surface area (Å²) >= 11 is 6.56. The number of hydrogen-bond acceptors (Lipinski definition) is 5. The Bertz CT molecular complexity index is 2030. The predicted octanol–water partition coefficient (Wildman–Crippen LogP) is 9.27. The molecule has 0 bridgehead atoms. The first-order valence-electron chi connectivity index (χ1n) is 18.7. The minimum atomic E-state index is -0.650. The summed E-state index contributed by atoms with van der Waals surface area (Å²) in [5.74, 6) is -1.12. The van der Waals surface area contributed by atoms with Crippen LogP contribution in [0.2, 0.25) is 5.02 Å². The highest BCUT2D eigenvalue weighted by Crippen LogP contribution is 2.41. The van der Waals surface area contributed by atoms with Gasteiger partial charge in [0, 0.05) is 54.1 Å². The smallest absolute Gasteiger partial charge is 0.336 e. The number of dihydropyridines is 1. The molecule has 2 aliphatic rings. The molecule has 1 N–H and O–H groups in total. The molecular formula is C47H46ClN3O3. The summed E-state index contributed by atoms with van der Waals surface area (Å²) in [5, 5.41) is 3.92. The minimum Gasteiger partial charge on any atom is -0.462 e. The van der Waals surface area contributed by atoms with Crippen molar-refractivity contribution < 1.29 is 14.3 Å². The normalized spacial score (nSPS) is 16.5. The fraction of sp³-hybridized carbons (Fsp3) is 0.234. The van der Waals surface area contributed by atoms with Gasteiger partial charge < -0.3 is 15.0 Å². The second-order valence-electron chi connectivity index (χ2n) is 14.0. The zero-order valence-corrected chi connectivity index (χ0v) is 31.6. The molecular weight excluding hydrogens is 690 g/mol. The van der Waals surface area contributed by atoms with Crippen molar-refractivity contribution in [2.45, 2.75) is 38.1 Å². The number of benzene rings is 5. The number of ether oxygens (including phenoxy) is 1. The summed E-state index contributed by atoms with van der Waals surface area (Å²) in [7, 11) is 0. The number of allylic oxidation sites excluding steroid dienone is 2. The largest absolute Gasteiger partial charge is 0.462 e. The molecule has 6 nitrogen and oxygen atoms in total. The zero-order valence-electron chi connectivity index (χ0n) is 30.8. The molecule has 2 heterocycles. The Hall–Kier alpha value is -5.43. The molecule has 0 aliphatic carbocycles. The van der Waals surface area contributed by atoms with Crippen molar-refractivity contribution in [3.05, 3.63) is 201 Å². The van der Waals surface area contributed by atoms with Crippen LogP contribution in [0.25, 0.3) is 0 Å². The first kappa shape index (κ1) is 36.9. The maximum Gasteiger partial charge on any atom is 0.336 e. The van der Waals surface area contributed by atoms with E-state index in [1.165, 1.54) is 11.1 Å². The quantitative estimate of drug-likeness (QED) is 0.137. The van der Waals surface area contributed by atoms with E-state index in [-0.39, 0.29) is 24.5 Å². The Balaban J connectivity index is 1.12. The van der Waals surface area contributed by atoms with E-state index < -0.39 is 11.9 Å². The number of nitrogens with one attached hydrogen (secondary N) is 1. The van der Waals surface area contributed by atoms with E-state index in [1.54, 1.807) is 6.07 Å². The molecule has 1 saturated heterocycles. The highest BCUT2D eigenvalue weighted by atomic mass is 35.5. The number of amides is 1. The van der Waals surface area contributed by atoms with E-state index in [1.807, 2.05) is 85.5 Å². The van der Waals surface area contributed by atoms with E-state index in [9.17, 15) is 9.59 Å². The van der Waals surface area contributed by atoms with Gasteiger partial charge in [0.05, 0.1) is 24.1 Å². The Morgan fingerprint density at radius 1 is 0.667 bits per heavy atom. The lowest BCUT2D eigenvalue weighted by Gasteiger charge is -2.41. The first-order chi connectivity index (χ1) is 26.4. The maximum absolute atomic E-state index is 14.7. The second-order valence-corrected chi connectivity index (χ2v) is 14.5. The van der Waals surface area contributed by atoms with Gasteiger partial charge in [-0.15, -0.1) is 0 Å². The maximum atomic E-state index is 14.7. The average Bonchev–Trinajstić information content (AvgIpc) is 3.21. The van der Waals surface area contributed by atoms with Gasteiger partial charge in [0.2, 0.25) is 0 Å². The third kappa shape index (κ3) is 8.20. The number of piperazine rings is 1. The van der Waals surface area contributed by atoms with Crippen LogP contribution in [-0.2, 0) is 14.3 Å². The van der Waals surface area contributed by atoms with Crippen LogP contribution in [0.3, 0.4) is 0 Å². The summed E-state index contributed by atoms with van der Waals surface area (Å²) in [6, 6.07) is 49.2. The van der Waals surface area contributed by atoms with Gasteiger partial charge >= 0.3 is 5.97 Å². The van der Waals surface area contributed by atoms with Gasteiger partial charge in [-0.05, 0) is 60.2 Å². The molecule has 0 radical (unpaired) electrons. The summed E-state index contributed by atoms with van der Waals surface area (Å²) < 4.78 is 6.12. The standard InChI is InChI=1S/C47H46ClN3O3/c1-33-42(46(52)51-29-27-50(28-30-51)45(37-20-11-5-12-21-37)38-22-13-6-14-23-38)44(39-24-15-25-40(48)32-39)43(34(2)49-33)47(53)54-31-26-41(35-16-7-3-8-17-35)36-18-9-4-10-19-36/h3-25,32,41,44-45,49H,26-31H2,1-2H3. The fourth-order valence-electron chi connectivity index (χ4n) is 8.05. The third-order valence-electron chi connectivity index (χ3n) is 10.6. The summed E-state index contributed by atoms with van der Waals surface area (Å²) in [5.41, 5.74) is 7.90. The molecule has 1 unspecified atom stereocenters. The van der Waals surface area contributed by atoms with E-state index in [2.05, 4.69) is 83.0 Å². The van der Waals surface area contributed by atoms with Gasteiger partial charge in [0.25, 0.3) is 5.91 Å². The average molecular weight is 736 g/mol. The highest BCUT2D eigenvalue weighted by Gasteiger charge is 2.40. The number of nitrogens with zero attached hydrogens (tertiary/aromatic N) is 2. The highest BCUT2D eigenvalue weighted by molar-refractivity contribution is 6.30. The van der Waals surface area contributed by atoms with Gasteiger partial charge in [-0.25, -0.2) is 4.79 Å². The summed E-state index contributed by atoms with van der Waals surface area (Å²) in [6.45, 7) is 6.52. The van der Waals surface area contributed by atoms with Crippen molar-refractivity contribution in [3.63, 3.8) is 0 Å². The number of rotatable bonds is 11. The molecule has 0 spiro atoms. The topological polar surface area (TPSA) is 61.9 Å². The van der Waals surface area contributed by atoms with E-state index >= 15 is 0 Å². The van der Waals surface area contributed by atoms with Crippen molar-refractivity contribution in [1.29, 1.82) is 0 Å². The van der Waals surface area contributed by atoms with Crippen LogP contribution in [0, 0.1) is 0 Å². The van der Waals surface area contributed by atoms with Crippen LogP contribution in [0.15, 0.2) is 168 Å².